The molecule has 1 unspecified atom stereocenters. The summed E-state index contributed by atoms with van der Waals surface area (Å²) in [7, 11) is -3.91. The van der Waals surface area contributed by atoms with Gasteiger partial charge in [0.15, 0.2) is 0 Å². The summed E-state index contributed by atoms with van der Waals surface area (Å²) < 4.78 is 45.7. The van der Waals surface area contributed by atoms with E-state index in [0.717, 1.165) is 56.8 Å². The van der Waals surface area contributed by atoms with Crippen molar-refractivity contribution in [3.05, 3.63) is 54.6 Å². The Bertz CT molecular complexity index is 2320. The van der Waals surface area contributed by atoms with Crippen molar-refractivity contribution in [1.29, 1.82) is 0 Å². The molecular weight excluding hydrogens is 956 g/mol. The van der Waals surface area contributed by atoms with Crippen LogP contribution < -0.4 is 46.0 Å². The number of hydrogen-bond acceptors (Lipinski definition) is 11. The fraction of sp³-hybridized carbons (Fsp3) is 0.609. The molecule has 3 saturated carbocycles. The van der Waals surface area contributed by atoms with Gasteiger partial charge < -0.3 is 4.90 Å². The van der Waals surface area contributed by atoms with Gasteiger partial charge in [-0.05, 0) is 32.1 Å². The number of para-hydroxylation sites is 1. The number of likely N-dealkylation sites (tertiary alicyclic amines) is 1. The second-order valence-corrected chi connectivity index (χ2v) is 23.9. The van der Waals surface area contributed by atoms with E-state index in [1.165, 1.54) is 4.90 Å². The van der Waals surface area contributed by atoms with E-state index in [1.54, 1.807) is 6.08 Å². The average Bonchev–Trinajstić information content (AvgIpc) is 3.94. The predicted octanol–water partition coefficient (Wildman–Crippen LogP) is 1.01. The van der Waals surface area contributed by atoms with Crippen molar-refractivity contribution in [3.63, 3.8) is 0 Å². The number of nitrogens with one attached hydrogen (secondary N) is 3. The summed E-state index contributed by atoms with van der Waals surface area (Å²) in [5, 5.41) is 6.02. The molecule has 0 spiro atoms. The number of allylic oxidation sites excluding steroid dienone is 2. The first-order chi connectivity index (χ1) is 30.9. The molecule has 346 valence electrons. The van der Waals surface area contributed by atoms with Crippen LogP contribution in [0.5, 0.6) is 11.6 Å². The Kier molecular flexibility index (Phi) is 13.1. The Labute approximate surface area is 384 Å². The molecule has 3 N–H and O–H groups in total. The number of amides is 5. The fourth-order valence-electron chi connectivity index (χ4n) is 10.3. The Morgan fingerprint density at radius 2 is 1.80 bits per heavy atom. The van der Waals surface area contributed by atoms with Crippen LogP contribution in [0.3, 0.4) is 0 Å². The number of alkyl carbamates (subject to hydrolysis) is 1. The number of pyridine rings is 1. The second kappa shape index (κ2) is 18.8. The molecule has 6 fully saturated rings. The van der Waals surface area contributed by atoms with Crippen LogP contribution in [0.1, 0.15) is 95.5 Å². The van der Waals surface area contributed by atoms with Gasteiger partial charge in [0.25, 0.3) is 0 Å². The normalized spacial score (nSPS) is 30.7. The quantitative estimate of drug-likeness (QED) is 0.126. The summed E-state index contributed by atoms with van der Waals surface area (Å²) in [4.78, 5) is 78.1. The molecule has 7 atom stereocenters. The molecule has 3 aliphatic carbocycles. The molecule has 1 aromatic carbocycles. The van der Waals surface area contributed by atoms with Gasteiger partial charge in [0.2, 0.25) is 5.91 Å². The van der Waals surface area contributed by atoms with Crippen LogP contribution in [0.4, 0.5) is 4.79 Å². The fourth-order valence-corrected chi connectivity index (χ4v) is 14.4. The predicted molar refractivity (Wildman–Crippen MR) is 231 cm³/mol. The van der Waals surface area contributed by atoms with E-state index in [-0.39, 0.29) is 43.4 Å². The number of alkyl halides is 2. The Morgan fingerprint density at radius 1 is 1.00 bits per heavy atom. The third-order valence-electron chi connectivity index (χ3n) is 13.9. The summed E-state index contributed by atoms with van der Waals surface area (Å²) in [6, 6.07) is 5.50. The van der Waals surface area contributed by atoms with Gasteiger partial charge in [0.1, 0.15) is 0 Å². The van der Waals surface area contributed by atoms with E-state index in [0.29, 0.717) is 74.3 Å². The summed E-state index contributed by atoms with van der Waals surface area (Å²) in [5.74, 6) is -0.902. The van der Waals surface area contributed by atoms with Gasteiger partial charge in [-0.25, -0.2) is 0 Å². The minimum absolute atomic E-state index is 0.0232. The molecule has 2 bridgehead atoms. The average molecular weight is 1010 g/mol. The number of carbonyl (C=O) groups is 5. The molecule has 9 rings (SSSR count). The molecular formula is C46H58IN6O10S-. The first-order valence-corrected chi connectivity index (χ1v) is 26.9. The molecule has 4 aliphatic heterocycles. The van der Waals surface area contributed by atoms with Crippen LogP contribution in [0, 0.1) is 11.8 Å². The molecule has 64 heavy (non-hydrogen) atoms. The molecule has 7 aliphatic rings. The van der Waals surface area contributed by atoms with Gasteiger partial charge in [-0.2, -0.15) is 0 Å². The van der Waals surface area contributed by atoms with Crippen LogP contribution >= 0.6 is 0 Å². The molecule has 0 radical (unpaired) electrons. The van der Waals surface area contributed by atoms with E-state index in [1.807, 2.05) is 29.2 Å². The molecule has 3 saturated heterocycles. The molecule has 16 nitrogen and oxygen atoms in total. The second-order valence-electron chi connectivity index (χ2n) is 18.2. The minimum atomic E-state index is -3.91. The van der Waals surface area contributed by atoms with E-state index in [9.17, 15) is 27.6 Å². The molecule has 5 heterocycles. The van der Waals surface area contributed by atoms with Crippen LogP contribution in [0.2, 0.25) is 0 Å². The molecule has 1 aromatic heterocycles. The number of ether oxygens (including phenoxy) is 3. The SMILES string of the molecule is C=C[C@@H]1[I-][C@]1(NC(=O)[C@@H]1C[C@@H]2CN1C(=O)[C@H](C1CCCC1)NC(=O)O[C@@H]1CCCC1CC/C=C/Cc1c(nc3ccccc3c1OCCN1CCCC1=O)O2)C(=O)NS(=O)(=O)C1CC1. The van der Waals surface area contributed by atoms with E-state index >= 15 is 4.79 Å². The number of sulfonamides is 1. The van der Waals surface area contributed by atoms with Crippen molar-refractivity contribution < 1.29 is 67.8 Å². The molecule has 2 aromatic rings. The van der Waals surface area contributed by atoms with Crippen molar-refractivity contribution in [3.8, 4) is 11.6 Å². The van der Waals surface area contributed by atoms with Crippen molar-refractivity contribution in [2.75, 3.05) is 26.2 Å². The number of aromatic nitrogens is 1. The number of nitrogens with zero attached hydrogens (tertiary/aromatic N) is 3. The summed E-state index contributed by atoms with van der Waals surface area (Å²) >= 11 is -1.07. The van der Waals surface area contributed by atoms with E-state index in [4.69, 9.17) is 19.2 Å². The van der Waals surface area contributed by atoms with E-state index < -0.39 is 86.0 Å². The van der Waals surface area contributed by atoms with E-state index in [2.05, 4.69) is 34.1 Å². The van der Waals surface area contributed by atoms with Gasteiger partial charge in [-0.15, -0.1) is 0 Å². The Balaban J connectivity index is 1.07. The maximum absolute atomic E-state index is 15.1. The van der Waals surface area contributed by atoms with Gasteiger partial charge >= 0.3 is 313 Å². The third kappa shape index (κ3) is 9.45. The monoisotopic (exact) mass is 1010 g/mol. The standard InChI is InChI=1S/C46H58IN6O10S/c1-2-37-46(47-37,44(57)51-64(59,60)31-21-22-31)50-41(55)35-26-30-27-53(35)43(56)39(29-13-6-7-14-29)49-45(58)63-36-19-10-15-28(36)12-4-3-5-17-33-40(61-25-24-52-23-11-20-38(52)54)32-16-8-9-18-34(32)48-42(33)62-30/h2-3,5,8-9,16,18,28-31,35-37,39H,1,4,6-7,10-15,17,19-27H2,(H,49,58)(H,50,55)(H,51,57)/q-1/b5-3+/t28?,30-,35+,36-,37+,39+,46-/m1/s1. The summed E-state index contributed by atoms with van der Waals surface area (Å²) in [5.41, 5.74) is 1.31. The van der Waals surface area contributed by atoms with Crippen LogP contribution in [0.25, 0.3) is 10.9 Å². The zero-order chi connectivity index (χ0) is 44.6. The topological polar surface area (TPSA) is 203 Å². The first kappa shape index (κ1) is 44.7. The zero-order valence-corrected chi connectivity index (χ0v) is 39.0. The van der Waals surface area contributed by atoms with Crippen molar-refractivity contribution in [1.82, 2.24) is 30.1 Å². The number of rotatable bonds is 11. The van der Waals surface area contributed by atoms with Gasteiger partial charge in [0, 0.05) is 13.0 Å². The Hall–Kier alpha value is -4.46. The summed E-state index contributed by atoms with van der Waals surface area (Å²) in [6.07, 6.45) is 14.1. The van der Waals surface area contributed by atoms with Gasteiger partial charge in [0.05, 0.1) is 6.54 Å². The van der Waals surface area contributed by atoms with Crippen molar-refractivity contribution >= 4 is 50.6 Å². The zero-order valence-electron chi connectivity index (χ0n) is 36.0. The maximum atomic E-state index is 15.1. The number of carbonyl (C=O) groups excluding carboxylic acids is 5. The van der Waals surface area contributed by atoms with Crippen molar-refractivity contribution in [2.24, 2.45) is 11.8 Å². The van der Waals surface area contributed by atoms with Crippen molar-refractivity contribution in [2.45, 2.75) is 133 Å². The summed E-state index contributed by atoms with van der Waals surface area (Å²) in [6.45, 7) is 5.21. The van der Waals surface area contributed by atoms with Crippen LogP contribution in [-0.2, 0) is 40.4 Å². The van der Waals surface area contributed by atoms with Crippen LogP contribution in [-0.4, -0.2) is 116 Å². The van der Waals surface area contributed by atoms with Gasteiger partial charge in [-0.1, -0.05) is 6.07 Å². The molecule has 5 amide bonds. The number of fused-ring (bicyclic) bond motifs is 5. The number of benzene rings is 1. The number of hydrogen-bond donors (Lipinski definition) is 3. The van der Waals surface area contributed by atoms with Crippen LogP contribution in [0.15, 0.2) is 49.1 Å². The Morgan fingerprint density at radius 3 is 2.55 bits per heavy atom. The molecule has 18 heteroatoms. The first-order valence-electron chi connectivity index (χ1n) is 23.0. The third-order valence-corrected chi connectivity index (χ3v) is 19.6. The number of halogens is 1. The van der Waals surface area contributed by atoms with Gasteiger partial charge in [-0.3, -0.25) is 4.79 Å².